The summed E-state index contributed by atoms with van der Waals surface area (Å²) in [5, 5.41) is 0.420. The van der Waals surface area contributed by atoms with Gasteiger partial charge in [0.1, 0.15) is 5.82 Å². The minimum absolute atomic E-state index is 0.0399. The number of carbonyl (C=O) groups is 1. The first-order valence-electron chi connectivity index (χ1n) is 8.45. The number of carbonyl (C=O) groups excluding carboxylic acids is 1. The summed E-state index contributed by atoms with van der Waals surface area (Å²) in [5.41, 5.74) is 1.16. The number of aromatic nitrogens is 2. The largest absolute Gasteiger partial charge is 0.342 e. The van der Waals surface area contributed by atoms with Crippen molar-refractivity contribution in [2.45, 2.75) is 6.54 Å². The number of pyridine rings is 2. The molecule has 0 saturated heterocycles. The highest BCUT2D eigenvalue weighted by atomic mass is 19.1. The minimum Gasteiger partial charge on any atom is -0.342 e. The Hall–Kier alpha value is -3.60. The summed E-state index contributed by atoms with van der Waals surface area (Å²) in [6.45, 7) is 0.209. The van der Waals surface area contributed by atoms with E-state index in [1.165, 1.54) is 18.5 Å². The van der Waals surface area contributed by atoms with Gasteiger partial charge < -0.3 is 4.57 Å². The maximum atomic E-state index is 14.1. The summed E-state index contributed by atoms with van der Waals surface area (Å²) in [5.74, 6) is -0.735. The SMILES string of the molecule is O=C(c1cccnc1)c1cn(Cc2ccccc2F)c2ccccc2c1=O. The zero-order chi connectivity index (χ0) is 18.8. The molecular formula is C22H15FN2O2. The van der Waals surface area contributed by atoms with Crippen LogP contribution in [0, 0.1) is 5.82 Å². The Labute approximate surface area is 154 Å². The van der Waals surface area contributed by atoms with Crippen molar-refractivity contribution in [3.63, 3.8) is 0 Å². The predicted octanol–water partition coefficient (Wildman–Crippen LogP) is 3.81. The number of hydrogen-bond acceptors (Lipinski definition) is 3. The Morgan fingerprint density at radius 3 is 2.56 bits per heavy atom. The van der Waals surface area contributed by atoms with E-state index in [1.54, 1.807) is 59.3 Å². The molecule has 4 rings (SSSR count). The van der Waals surface area contributed by atoms with Gasteiger partial charge in [0.2, 0.25) is 5.43 Å². The van der Waals surface area contributed by atoms with Gasteiger partial charge in [0.15, 0.2) is 5.78 Å². The van der Waals surface area contributed by atoms with Gasteiger partial charge in [0.25, 0.3) is 0 Å². The van der Waals surface area contributed by atoms with E-state index < -0.39 is 5.78 Å². The summed E-state index contributed by atoms with van der Waals surface area (Å²) < 4.78 is 15.9. The lowest BCUT2D eigenvalue weighted by molar-refractivity contribution is 0.103. The van der Waals surface area contributed by atoms with Gasteiger partial charge in [0.05, 0.1) is 17.6 Å². The van der Waals surface area contributed by atoms with Crippen LogP contribution in [0.15, 0.2) is 84.0 Å². The molecule has 0 N–H and O–H groups in total. The Balaban J connectivity index is 1.91. The number of rotatable bonds is 4. The van der Waals surface area contributed by atoms with Crippen LogP contribution in [0.25, 0.3) is 10.9 Å². The quantitative estimate of drug-likeness (QED) is 0.521. The van der Waals surface area contributed by atoms with E-state index in [-0.39, 0.29) is 23.4 Å². The molecule has 2 heterocycles. The summed E-state index contributed by atoms with van der Waals surface area (Å²) >= 11 is 0. The summed E-state index contributed by atoms with van der Waals surface area (Å²) in [6, 6.07) is 16.7. The van der Waals surface area contributed by atoms with Crippen molar-refractivity contribution in [1.29, 1.82) is 0 Å². The zero-order valence-electron chi connectivity index (χ0n) is 14.3. The molecule has 5 heteroatoms. The summed E-state index contributed by atoms with van der Waals surface area (Å²) in [6.07, 6.45) is 4.50. The number of halogens is 1. The zero-order valence-corrected chi connectivity index (χ0v) is 14.3. The lowest BCUT2D eigenvalue weighted by Crippen LogP contribution is -2.20. The molecule has 0 radical (unpaired) electrons. The van der Waals surface area contributed by atoms with Crippen molar-refractivity contribution in [3.05, 3.63) is 112 Å². The van der Waals surface area contributed by atoms with E-state index >= 15 is 0 Å². The van der Waals surface area contributed by atoms with Crippen LogP contribution in [0.5, 0.6) is 0 Å². The molecule has 0 fully saturated rings. The second-order valence-electron chi connectivity index (χ2n) is 6.18. The van der Waals surface area contributed by atoms with Gasteiger partial charge >= 0.3 is 0 Å². The van der Waals surface area contributed by atoms with Crippen molar-refractivity contribution in [2.24, 2.45) is 0 Å². The van der Waals surface area contributed by atoms with Gasteiger partial charge in [-0.3, -0.25) is 14.6 Å². The summed E-state index contributed by atoms with van der Waals surface area (Å²) in [7, 11) is 0. The Morgan fingerprint density at radius 2 is 1.78 bits per heavy atom. The maximum Gasteiger partial charge on any atom is 0.200 e. The smallest absolute Gasteiger partial charge is 0.200 e. The fourth-order valence-corrected chi connectivity index (χ4v) is 3.10. The molecule has 0 atom stereocenters. The van der Waals surface area contributed by atoms with Crippen LogP contribution in [-0.2, 0) is 6.54 Å². The number of hydrogen-bond donors (Lipinski definition) is 0. The fourth-order valence-electron chi connectivity index (χ4n) is 3.10. The molecule has 0 aliphatic rings. The first-order valence-corrected chi connectivity index (χ1v) is 8.45. The van der Waals surface area contributed by atoms with E-state index in [9.17, 15) is 14.0 Å². The van der Waals surface area contributed by atoms with Gasteiger partial charge in [-0.25, -0.2) is 4.39 Å². The average Bonchev–Trinajstić information content (AvgIpc) is 2.72. The molecule has 0 saturated carbocycles. The topological polar surface area (TPSA) is 52.0 Å². The van der Waals surface area contributed by atoms with Gasteiger partial charge in [-0.05, 0) is 30.3 Å². The van der Waals surface area contributed by atoms with Gasteiger partial charge in [-0.2, -0.15) is 0 Å². The first-order chi connectivity index (χ1) is 13.1. The van der Waals surface area contributed by atoms with Crippen LogP contribution in [0.2, 0.25) is 0 Å². The molecule has 0 aliphatic carbocycles. The van der Waals surface area contributed by atoms with Crippen LogP contribution in [0.1, 0.15) is 21.5 Å². The first kappa shape index (κ1) is 16.8. The second-order valence-corrected chi connectivity index (χ2v) is 6.18. The molecule has 132 valence electrons. The molecule has 0 bridgehead atoms. The van der Waals surface area contributed by atoms with Gasteiger partial charge in [-0.1, -0.05) is 30.3 Å². The fraction of sp³-hybridized carbons (Fsp3) is 0.0455. The van der Waals surface area contributed by atoms with E-state index in [4.69, 9.17) is 0 Å². The predicted molar refractivity (Wildman–Crippen MR) is 101 cm³/mol. The Kier molecular flexibility index (Phi) is 4.34. The van der Waals surface area contributed by atoms with Gasteiger partial charge in [0, 0.05) is 35.1 Å². The van der Waals surface area contributed by atoms with Crippen molar-refractivity contribution >= 4 is 16.7 Å². The van der Waals surface area contributed by atoms with Crippen LogP contribution < -0.4 is 5.43 Å². The number of ketones is 1. The van der Waals surface area contributed by atoms with Crippen LogP contribution >= 0.6 is 0 Å². The van der Waals surface area contributed by atoms with E-state index in [1.807, 2.05) is 6.07 Å². The number of para-hydroxylation sites is 1. The van der Waals surface area contributed by atoms with Crippen LogP contribution in [0.3, 0.4) is 0 Å². The Morgan fingerprint density at radius 1 is 1.00 bits per heavy atom. The Bertz CT molecular complexity index is 1200. The second kappa shape index (κ2) is 6.96. The standard InChI is InChI=1S/C22H15FN2O2/c23-19-9-3-1-6-16(19)13-25-14-18(21(26)15-7-5-11-24-12-15)22(27)17-8-2-4-10-20(17)25/h1-12,14H,13H2. The maximum absolute atomic E-state index is 14.1. The molecule has 27 heavy (non-hydrogen) atoms. The summed E-state index contributed by atoms with van der Waals surface area (Å²) in [4.78, 5) is 29.7. The minimum atomic E-state index is -0.402. The third-order valence-corrected chi connectivity index (χ3v) is 4.45. The normalized spacial score (nSPS) is 10.9. The molecule has 0 amide bonds. The average molecular weight is 358 g/mol. The highest BCUT2D eigenvalue weighted by Crippen LogP contribution is 2.17. The lowest BCUT2D eigenvalue weighted by Gasteiger charge is -2.14. The lowest BCUT2D eigenvalue weighted by atomic mass is 10.0. The third kappa shape index (κ3) is 3.15. The van der Waals surface area contributed by atoms with Gasteiger partial charge in [-0.15, -0.1) is 0 Å². The van der Waals surface area contributed by atoms with E-state index in [0.717, 1.165) is 0 Å². The number of benzene rings is 2. The molecule has 0 unspecified atom stereocenters. The molecule has 2 aromatic heterocycles. The molecule has 0 aliphatic heterocycles. The van der Waals surface area contributed by atoms with Crippen molar-refractivity contribution < 1.29 is 9.18 Å². The molecule has 4 aromatic rings. The number of fused-ring (bicyclic) bond motifs is 1. The molecule has 4 nitrogen and oxygen atoms in total. The van der Waals surface area contributed by atoms with Crippen LogP contribution in [-0.4, -0.2) is 15.3 Å². The van der Waals surface area contributed by atoms with Crippen molar-refractivity contribution in [2.75, 3.05) is 0 Å². The molecular weight excluding hydrogens is 343 g/mol. The van der Waals surface area contributed by atoms with Crippen molar-refractivity contribution in [3.8, 4) is 0 Å². The van der Waals surface area contributed by atoms with Crippen molar-refractivity contribution in [1.82, 2.24) is 9.55 Å². The molecule has 0 spiro atoms. The third-order valence-electron chi connectivity index (χ3n) is 4.45. The monoisotopic (exact) mass is 358 g/mol. The van der Waals surface area contributed by atoms with Crippen LogP contribution in [0.4, 0.5) is 4.39 Å². The molecule has 2 aromatic carbocycles. The van der Waals surface area contributed by atoms with E-state index in [2.05, 4.69) is 4.98 Å². The number of nitrogens with zero attached hydrogens (tertiary/aromatic N) is 2. The highest BCUT2D eigenvalue weighted by molar-refractivity contribution is 6.09. The highest BCUT2D eigenvalue weighted by Gasteiger charge is 2.17. The van der Waals surface area contributed by atoms with E-state index in [0.29, 0.717) is 22.0 Å².